The van der Waals surface area contributed by atoms with Crippen LogP contribution in [-0.4, -0.2) is 15.3 Å². The molecule has 0 aliphatic carbocycles. The van der Waals surface area contributed by atoms with E-state index in [0.29, 0.717) is 0 Å². The molecule has 0 saturated heterocycles. The molecule has 2 aromatic rings. The standard InChI is InChI=1S/C11H11N3O/c15-8-3-1-7(2-4-8)11-9-5-12-6-10(9)13-14-11/h1-4,12,15H,5-6H2,(H,13,14). The van der Waals surface area contributed by atoms with Crippen molar-refractivity contribution < 1.29 is 5.11 Å². The number of H-pyrrole nitrogens is 1. The van der Waals surface area contributed by atoms with Gasteiger partial charge in [0.25, 0.3) is 0 Å². The molecule has 0 unspecified atom stereocenters. The van der Waals surface area contributed by atoms with Gasteiger partial charge in [-0.05, 0) is 24.3 Å². The monoisotopic (exact) mass is 201 g/mol. The zero-order valence-electron chi connectivity index (χ0n) is 8.12. The van der Waals surface area contributed by atoms with Gasteiger partial charge in [0.2, 0.25) is 0 Å². The van der Waals surface area contributed by atoms with Crippen LogP contribution in [0.1, 0.15) is 11.3 Å². The van der Waals surface area contributed by atoms with Crippen LogP contribution in [0.5, 0.6) is 5.75 Å². The molecule has 1 aliphatic heterocycles. The molecule has 3 N–H and O–H groups in total. The third-order valence-electron chi connectivity index (χ3n) is 2.70. The smallest absolute Gasteiger partial charge is 0.115 e. The molecule has 0 radical (unpaired) electrons. The van der Waals surface area contributed by atoms with E-state index in [2.05, 4.69) is 15.5 Å². The van der Waals surface area contributed by atoms with Crippen molar-refractivity contribution >= 4 is 0 Å². The average molecular weight is 201 g/mol. The molecule has 0 amide bonds. The Hall–Kier alpha value is -1.81. The van der Waals surface area contributed by atoms with Crippen molar-refractivity contribution in [2.45, 2.75) is 13.1 Å². The molecule has 1 aromatic heterocycles. The topological polar surface area (TPSA) is 60.9 Å². The Bertz CT molecular complexity index is 487. The molecule has 3 rings (SSSR count). The zero-order valence-corrected chi connectivity index (χ0v) is 8.12. The maximum absolute atomic E-state index is 9.21. The summed E-state index contributed by atoms with van der Waals surface area (Å²) in [6.07, 6.45) is 0. The summed E-state index contributed by atoms with van der Waals surface area (Å²) in [5, 5.41) is 19.8. The summed E-state index contributed by atoms with van der Waals surface area (Å²) in [4.78, 5) is 0. The predicted molar refractivity (Wildman–Crippen MR) is 56.2 cm³/mol. The summed E-state index contributed by atoms with van der Waals surface area (Å²) in [5.74, 6) is 0.282. The molecule has 0 fully saturated rings. The molecule has 0 bridgehead atoms. The Balaban J connectivity index is 2.09. The Kier molecular flexibility index (Phi) is 1.76. The highest BCUT2D eigenvalue weighted by Gasteiger charge is 2.18. The lowest BCUT2D eigenvalue weighted by Gasteiger charge is -1.99. The lowest BCUT2D eigenvalue weighted by Crippen LogP contribution is -2.02. The highest BCUT2D eigenvalue weighted by atomic mass is 16.3. The Morgan fingerprint density at radius 2 is 1.93 bits per heavy atom. The number of aromatic amines is 1. The van der Waals surface area contributed by atoms with E-state index in [1.165, 1.54) is 5.56 Å². The maximum Gasteiger partial charge on any atom is 0.115 e. The van der Waals surface area contributed by atoms with Crippen LogP contribution in [-0.2, 0) is 13.1 Å². The summed E-state index contributed by atoms with van der Waals surface area (Å²) < 4.78 is 0. The molecule has 15 heavy (non-hydrogen) atoms. The fraction of sp³-hybridized carbons (Fsp3) is 0.182. The summed E-state index contributed by atoms with van der Waals surface area (Å²) in [7, 11) is 0. The van der Waals surface area contributed by atoms with Crippen molar-refractivity contribution in [2.75, 3.05) is 0 Å². The van der Waals surface area contributed by atoms with E-state index < -0.39 is 0 Å². The number of nitrogens with zero attached hydrogens (tertiary/aromatic N) is 1. The number of fused-ring (bicyclic) bond motifs is 1. The highest BCUT2D eigenvalue weighted by Crippen LogP contribution is 2.27. The molecule has 0 saturated carbocycles. The first kappa shape index (κ1) is 8.49. The molecule has 4 heteroatoms. The van der Waals surface area contributed by atoms with Crippen LogP contribution in [0.25, 0.3) is 11.3 Å². The van der Waals surface area contributed by atoms with Gasteiger partial charge in [0.15, 0.2) is 0 Å². The minimum atomic E-state index is 0.282. The van der Waals surface area contributed by atoms with E-state index in [9.17, 15) is 5.11 Å². The van der Waals surface area contributed by atoms with E-state index in [0.717, 1.165) is 30.0 Å². The van der Waals surface area contributed by atoms with Gasteiger partial charge in [-0.2, -0.15) is 5.10 Å². The maximum atomic E-state index is 9.21. The molecule has 0 atom stereocenters. The highest BCUT2D eigenvalue weighted by molar-refractivity contribution is 5.65. The van der Waals surface area contributed by atoms with E-state index >= 15 is 0 Å². The number of benzene rings is 1. The van der Waals surface area contributed by atoms with Crippen LogP contribution < -0.4 is 5.32 Å². The molecular weight excluding hydrogens is 190 g/mol. The normalized spacial score (nSPS) is 14.1. The lowest BCUT2D eigenvalue weighted by atomic mass is 10.1. The van der Waals surface area contributed by atoms with Crippen molar-refractivity contribution in [2.24, 2.45) is 0 Å². The number of rotatable bonds is 1. The van der Waals surface area contributed by atoms with E-state index in [1.807, 2.05) is 12.1 Å². The van der Waals surface area contributed by atoms with Crippen molar-refractivity contribution in [3.63, 3.8) is 0 Å². The number of phenolic OH excluding ortho intramolecular Hbond substituents is 1. The van der Waals surface area contributed by atoms with E-state index in [-0.39, 0.29) is 5.75 Å². The van der Waals surface area contributed by atoms with Gasteiger partial charge in [-0.25, -0.2) is 0 Å². The molecule has 2 heterocycles. The summed E-state index contributed by atoms with van der Waals surface area (Å²) in [6, 6.07) is 7.12. The second kappa shape index (κ2) is 3.10. The van der Waals surface area contributed by atoms with E-state index in [4.69, 9.17) is 0 Å². The molecule has 0 spiro atoms. The van der Waals surface area contributed by atoms with Gasteiger partial charge in [0, 0.05) is 24.2 Å². The SMILES string of the molecule is Oc1ccc(-c2n[nH]c3c2CNC3)cc1. The van der Waals surface area contributed by atoms with Crippen molar-refractivity contribution in [3.8, 4) is 17.0 Å². The predicted octanol–water partition coefficient (Wildman–Crippen LogP) is 1.39. The van der Waals surface area contributed by atoms with Crippen LogP contribution in [0.4, 0.5) is 0 Å². The van der Waals surface area contributed by atoms with Gasteiger partial charge < -0.3 is 10.4 Å². The van der Waals surface area contributed by atoms with Gasteiger partial charge in [-0.3, -0.25) is 5.10 Å². The van der Waals surface area contributed by atoms with Crippen LogP contribution in [0.3, 0.4) is 0 Å². The second-order valence-electron chi connectivity index (χ2n) is 3.68. The Morgan fingerprint density at radius 1 is 1.13 bits per heavy atom. The number of phenols is 1. The molecule has 4 nitrogen and oxygen atoms in total. The third-order valence-corrected chi connectivity index (χ3v) is 2.70. The molecule has 1 aromatic carbocycles. The van der Waals surface area contributed by atoms with Crippen molar-refractivity contribution in [1.82, 2.24) is 15.5 Å². The van der Waals surface area contributed by atoms with Gasteiger partial charge in [0.1, 0.15) is 5.75 Å². The number of hydrogen-bond donors (Lipinski definition) is 3. The molecule has 1 aliphatic rings. The second-order valence-corrected chi connectivity index (χ2v) is 3.68. The number of hydrogen-bond acceptors (Lipinski definition) is 3. The van der Waals surface area contributed by atoms with Gasteiger partial charge in [-0.1, -0.05) is 0 Å². The van der Waals surface area contributed by atoms with Crippen molar-refractivity contribution in [3.05, 3.63) is 35.5 Å². The summed E-state index contributed by atoms with van der Waals surface area (Å²) in [5.41, 5.74) is 4.42. The first-order chi connectivity index (χ1) is 7.34. The zero-order chi connectivity index (χ0) is 10.3. The summed E-state index contributed by atoms with van der Waals surface area (Å²) in [6.45, 7) is 1.72. The van der Waals surface area contributed by atoms with Crippen molar-refractivity contribution in [1.29, 1.82) is 0 Å². The summed E-state index contributed by atoms with van der Waals surface area (Å²) >= 11 is 0. The fourth-order valence-corrected chi connectivity index (χ4v) is 1.91. The quantitative estimate of drug-likeness (QED) is 0.653. The minimum absolute atomic E-state index is 0.282. The average Bonchev–Trinajstić information content (AvgIpc) is 2.80. The van der Waals surface area contributed by atoms with Gasteiger partial charge in [0.05, 0.1) is 11.4 Å². The van der Waals surface area contributed by atoms with Crippen LogP contribution in [0.15, 0.2) is 24.3 Å². The third kappa shape index (κ3) is 1.30. The molecular formula is C11H11N3O. The first-order valence-electron chi connectivity index (χ1n) is 4.91. The Labute approximate surface area is 87.0 Å². The number of aromatic nitrogens is 2. The van der Waals surface area contributed by atoms with E-state index in [1.54, 1.807) is 12.1 Å². The first-order valence-corrected chi connectivity index (χ1v) is 4.91. The van der Waals surface area contributed by atoms with Gasteiger partial charge in [-0.15, -0.1) is 0 Å². The Morgan fingerprint density at radius 3 is 2.73 bits per heavy atom. The number of nitrogens with one attached hydrogen (secondary N) is 2. The lowest BCUT2D eigenvalue weighted by molar-refractivity contribution is 0.475. The van der Waals surface area contributed by atoms with Gasteiger partial charge >= 0.3 is 0 Å². The minimum Gasteiger partial charge on any atom is -0.508 e. The van der Waals surface area contributed by atoms with Crippen LogP contribution in [0, 0.1) is 0 Å². The number of aromatic hydroxyl groups is 1. The molecule has 76 valence electrons. The fourth-order valence-electron chi connectivity index (χ4n) is 1.91. The van der Waals surface area contributed by atoms with Crippen LogP contribution in [0.2, 0.25) is 0 Å². The van der Waals surface area contributed by atoms with Crippen LogP contribution >= 0.6 is 0 Å². The largest absolute Gasteiger partial charge is 0.508 e.